The summed E-state index contributed by atoms with van der Waals surface area (Å²) in [6.07, 6.45) is 0.249. The summed E-state index contributed by atoms with van der Waals surface area (Å²) in [5.41, 5.74) is 8.48. The Hall–Kier alpha value is -5.79. The van der Waals surface area contributed by atoms with Gasteiger partial charge in [-0.25, -0.2) is 4.98 Å². The van der Waals surface area contributed by atoms with Crippen LogP contribution in [0.1, 0.15) is 98.5 Å². The van der Waals surface area contributed by atoms with E-state index >= 15 is 0 Å². The van der Waals surface area contributed by atoms with Crippen LogP contribution in [0, 0.1) is 0 Å². The number of methoxy groups -OCH3 is 4. The molecule has 0 fully saturated rings. The number of H-pyrrole nitrogens is 2. The van der Waals surface area contributed by atoms with Gasteiger partial charge in [0.05, 0.1) is 70.1 Å². The quantitative estimate of drug-likeness (QED) is 0.176. The Morgan fingerprint density at radius 3 is 1.56 bits per heavy atom. The van der Waals surface area contributed by atoms with Crippen LogP contribution in [0.25, 0.3) is 33.2 Å². The van der Waals surface area contributed by atoms with Gasteiger partial charge >= 0.3 is 23.9 Å². The van der Waals surface area contributed by atoms with Crippen LogP contribution in [0.5, 0.6) is 0 Å². The van der Waals surface area contributed by atoms with Crippen molar-refractivity contribution in [3.8, 4) is 0 Å². The van der Waals surface area contributed by atoms with Crippen molar-refractivity contribution in [1.29, 1.82) is 0 Å². The van der Waals surface area contributed by atoms with Crippen molar-refractivity contribution in [2.45, 2.75) is 84.6 Å². The highest BCUT2D eigenvalue weighted by atomic mass is 16.5. The normalized spacial score (nSPS) is 14.7. The van der Waals surface area contributed by atoms with Crippen LogP contribution < -0.4 is 5.32 Å². The first-order valence-electron chi connectivity index (χ1n) is 17.6. The van der Waals surface area contributed by atoms with Crippen LogP contribution in [0.3, 0.4) is 0 Å². The molecular weight excluding hydrogens is 694 g/mol. The molecule has 286 valence electrons. The summed E-state index contributed by atoms with van der Waals surface area (Å²) in [6, 6.07) is 6.92. The van der Waals surface area contributed by atoms with E-state index in [1.54, 1.807) is 0 Å². The predicted molar refractivity (Wildman–Crippen MR) is 201 cm³/mol. The van der Waals surface area contributed by atoms with Gasteiger partial charge in [-0.1, -0.05) is 13.8 Å². The first-order valence-corrected chi connectivity index (χ1v) is 17.6. The number of carbonyl (C=O) groups excluding carboxylic acids is 5. The van der Waals surface area contributed by atoms with Crippen LogP contribution in [0.15, 0.2) is 24.3 Å². The number of nitrogens with one attached hydrogen (secondary N) is 3. The summed E-state index contributed by atoms with van der Waals surface area (Å²) in [5, 5.41) is 3.08. The second kappa shape index (κ2) is 16.1. The topological polar surface area (TPSA) is 192 Å². The maximum absolute atomic E-state index is 13.0. The van der Waals surface area contributed by atoms with Crippen molar-refractivity contribution >= 4 is 63.0 Å². The van der Waals surface area contributed by atoms with Crippen molar-refractivity contribution in [2.75, 3.05) is 28.4 Å². The molecule has 8 bridgehead atoms. The number of amides is 1. The summed E-state index contributed by atoms with van der Waals surface area (Å²) in [5.74, 6) is -2.07. The molecule has 3 N–H and O–H groups in total. The minimum absolute atomic E-state index is 0.0165. The Labute approximate surface area is 313 Å². The van der Waals surface area contributed by atoms with Gasteiger partial charge in [0, 0.05) is 47.2 Å². The number of rotatable bonds is 11. The highest BCUT2D eigenvalue weighted by Crippen LogP contribution is 2.42. The van der Waals surface area contributed by atoms with Crippen molar-refractivity contribution in [2.24, 2.45) is 0 Å². The van der Waals surface area contributed by atoms with Crippen molar-refractivity contribution in [3.05, 3.63) is 69.3 Å². The van der Waals surface area contributed by atoms with Crippen LogP contribution in [0.4, 0.5) is 0 Å². The molecule has 5 heterocycles. The summed E-state index contributed by atoms with van der Waals surface area (Å²) in [4.78, 5) is 80.4. The lowest BCUT2D eigenvalue weighted by molar-refractivity contribution is -0.141. The highest BCUT2D eigenvalue weighted by Gasteiger charge is 2.40. The molecule has 14 heteroatoms. The van der Waals surface area contributed by atoms with E-state index in [2.05, 4.69) is 15.3 Å². The van der Waals surface area contributed by atoms with E-state index in [9.17, 15) is 24.0 Å². The van der Waals surface area contributed by atoms with Crippen LogP contribution in [-0.4, -0.2) is 78.2 Å². The Kier molecular flexibility index (Phi) is 11.7. The molecule has 0 radical (unpaired) electrons. The van der Waals surface area contributed by atoms with Gasteiger partial charge in [0.15, 0.2) is 0 Å². The number of hydrogen-bond acceptors (Lipinski definition) is 11. The maximum Gasteiger partial charge on any atom is 0.310 e. The van der Waals surface area contributed by atoms with Crippen molar-refractivity contribution in [1.82, 2.24) is 25.3 Å². The Morgan fingerprint density at radius 2 is 1.09 bits per heavy atom. The molecule has 1 amide bonds. The number of allylic oxidation sites excluding steroid dienone is 2. The van der Waals surface area contributed by atoms with Gasteiger partial charge < -0.3 is 34.2 Å². The fourth-order valence-electron chi connectivity index (χ4n) is 6.98. The lowest BCUT2D eigenvalue weighted by Crippen LogP contribution is -2.36. The third-order valence-corrected chi connectivity index (χ3v) is 10.3. The molecule has 0 saturated heterocycles. The van der Waals surface area contributed by atoms with Gasteiger partial charge in [0.2, 0.25) is 5.91 Å². The van der Waals surface area contributed by atoms with E-state index in [1.165, 1.54) is 35.4 Å². The fraction of sp³-hybridized carbons (Fsp3) is 0.425. The maximum atomic E-state index is 13.0. The molecule has 0 aliphatic carbocycles. The summed E-state index contributed by atoms with van der Waals surface area (Å²) >= 11 is 0. The molecule has 2 aliphatic heterocycles. The number of hydrogen-bond donors (Lipinski definition) is 3. The van der Waals surface area contributed by atoms with Gasteiger partial charge in [0.25, 0.3) is 0 Å². The van der Waals surface area contributed by atoms with E-state index in [1.807, 2.05) is 52.0 Å². The molecule has 0 aromatic carbocycles. The number of ether oxygens (including phenoxy) is 4. The zero-order valence-electron chi connectivity index (χ0n) is 32.2. The molecule has 3 aromatic heterocycles. The third-order valence-electron chi connectivity index (χ3n) is 10.3. The first kappa shape index (κ1) is 39.4. The second-order valence-electron chi connectivity index (χ2n) is 14.0. The van der Waals surface area contributed by atoms with E-state index in [4.69, 9.17) is 28.9 Å². The van der Waals surface area contributed by atoms with E-state index in [0.29, 0.717) is 67.1 Å². The number of carbonyl (C=O) groups is 5. The lowest BCUT2D eigenvalue weighted by atomic mass is 9.81. The molecule has 3 aromatic rings. The van der Waals surface area contributed by atoms with E-state index in [0.717, 1.165) is 11.1 Å². The SMILES string of the molecule is COC(=O)CCc1c(CC(=O)OC)c2cc3nc(cc4nc(cc5[nH]c(cc1[nH]2)c(CCC(=O)OC)c5CC(=O)OC)C(C)(C)C4NC(C)=O)C(C)=C3C. The molecule has 5 rings (SSSR count). The number of aryl methyl sites for hydroxylation is 2. The average molecular weight is 742 g/mol. The molecule has 0 spiro atoms. The molecule has 0 saturated carbocycles. The average Bonchev–Trinajstić information content (AvgIpc) is 3.78. The first-order chi connectivity index (χ1) is 25.6. The third kappa shape index (κ3) is 8.07. The van der Waals surface area contributed by atoms with Gasteiger partial charge in [-0.3, -0.25) is 29.0 Å². The minimum atomic E-state index is -0.711. The van der Waals surface area contributed by atoms with Crippen LogP contribution >= 0.6 is 0 Å². The lowest BCUT2D eigenvalue weighted by Gasteiger charge is -2.27. The van der Waals surface area contributed by atoms with Gasteiger partial charge in [-0.15, -0.1) is 0 Å². The number of fused-ring (bicyclic) bond motifs is 8. The monoisotopic (exact) mass is 741 g/mol. The molecule has 1 atom stereocenters. The van der Waals surface area contributed by atoms with Crippen LogP contribution in [0.2, 0.25) is 0 Å². The van der Waals surface area contributed by atoms with Gasteiger partial charge in [-0.05, 0) is 84.4 Å². The molecular formula is C40H47N5O9. The number of aromatic nitrogens is 4. The van der Waals surface area contributed by atoms with Gasteiger partial charge in [0.1, 0.15) is 0 Å². The predicted octanol–water partition coefficient (Wildman–Crippen LogP) is 5.06. The number of aromatic amines is 2. The second-order valence-corrected chi connectivity index (χ2v) is 14.0. The molecule has 54 heavy (non-hydrogen) atoms. The van der Waals surface area contributed by atoms with E-state index in [-0.39, 0.29) is 44.4 Å². The Bertz CT molecular complexity index is 2230. The van der Waals surface area contributed by atoms with Crippen molar-refractivity contribution < 1.29 is 42.9 Å². The van der Waals surface area contributed by atoms with Crippen LogP contribution in [-0.2, 0) is 74.0 Å². The summed E-state index contributed by atoms with van der Waals surface area (Å²) < 4.78 is 20.1. The standard InChI is InChI=1S/C40H47N5O9/c1-20-21(2)28-17-33-39(41-22(3)46)40(4,5)34(45-33)19-32-26(15-38(50)54-9)24(11-13-36(48)52-7)30(44-32)18-29-23(10-12-35(47)51-6)25(14-37(49)53-8)31(43-29)16-27(20)42-28/h16-19,39,43-44H,10-15H2,1-9H3,(H,41,46). The zero-order chi connectivity index (χ0) is 39.5. The largest absolute Gasteiger partial charge is 0.469 e. The number of nitrogens with zero attached hydrogens (tertiary/aromatic N) is 2. The fourth-order valence-corrected chi connectivity index (χ4v) is 6.98. The molecule has 2 aliphatic rings. The molecule has 14 nitrogen and oxygen atoms in total. The zero-order valence-corrected chi connectivity index (χ0v) is 32.2. The van der Waals surface area contributed by atoms with Crippen molar-refractivity contribution in [3.63, 3.8) is 0 Å². The molecule has 1 unspecified atom stereocenters. The van der Waals surface area contributed by atoms with Gasteiger partial charge in [-0.2, -0.15) is 0 Å². The smallest absolute Gasteiger partial charge is 0.310 e. The minimum Gasteiger partial charge on any atom is -0.469 e. The summed E-state index contributed by atoms with van der Waals surface area (Å²) in [6.45, 7) is 9.35. The van der Waals surface area contributed by atoms with E-state index < -0.39 is 35.3 Å². The Morgan fingerprint density at radius 1 is 0.648 bits per heavy atom. The summed E-state index contributed by atoms with van der Waals surface area (Å²) in [7, 11) is 5.25. The Balaban J connectivity index is 2.01. The highest BCUT2D eigenvalue weighted by molar-refractivity contribution is 5.92. The number of esters is 4.